The van der Waals surface area contributed by atoms with Gasteiger partial charge in [0.25, 0.3) is 5.91 Å². The SMILES string of the molecule is O=C(O)CC1(NC(=O)c2ccncc2)CCOCC1. The number of hydrogen-bond donors (Lipinski definition) is 2. The fourth-order valence-corrected chi connectivity index (χ4v) is 2.21. The van der Waals surface area contributed by atoms with Crippen LogP contribution < -0.4 is 5.32 Å². The lowest BCUT2D eigenvalue weighted by Crippen LogP contribution is -2.53. The average molecular weight is 264 g/mol. The lowest BCUT2D eigenvalue weighted by Gasteiger charge is -2.36. The van der Waals surface area contributed by atoms with Gasteiger partial charge in [-0.1, -0.05) is 0 Å². The van der Waals surface area contributed by atoms with Crippen molar-refractivity contribution < 1.29 is 19.4 Å². The van der Waals surface area contributed by atoms with E-state index in [2.05, 4.69) is 10.3 Å². The van der Waals surface area contributed by atoms with Crippen molar-refractivity contribution in [3.8, 4) is 0 Å². The first-order chi connectivity index (χ1) is 9.11. The second-order valence-corrected chi connectivity index (χ2v) is 4.65. The number of carboxylic acid groups (broad SMARTS) is 1. The van der Waals surface area contributed by atoms with Crippen LogP contribution in [0.4, 0.5) is 0 Å². The third-order valence-electron chi connectivity index (χ3n) is 3.26. The number of nitrogens with zero attached hydrogens (tertiary/aromatic N) is 1. The molecule has 0 spiro atoms. The van der Waals surface area contributed by atoms with Crippen LogP contribution in [0.25, 0.3) is 0 Å². The molecule has 0 radical (unpaired) electrons. The first-order valence-corrected chi connectivity index (χ1v) is 6.13. The molecule has 1 fully saturated rings. The summed E-state index contributed by atoms with van der Waals surface area (Å²) in [5.74, 6) is -1.19. The van der Waals surface area contributed by atoms with E-state index >= 15 is 0 Å². The second-order valence-electron chi connectivity index (χ2n) is 4.65. The summed E-state index contributed by atoms with van der Waals surface area (Å²) in [6, 6.07) is 3.20. The molecule has 6 nitrogen and oxygen atoms in total. The van der Waals surface area contributed by atoms with Gasteiger partial charge in [0.2, 0.25) is 0 Å². The van der Waals surface area contributed by atoms with Crippen molar-refractivity contribution >= 4 is 11.9 Å². The van der Waals surface area contributed by atoms with Crippen LogP contribution in [0.3, 0.4) is 0 Å². The molecule has 1 amide bonds. The number of hydrogen-bond acceptors (Lipinski definition) is 4. The predicted molar refractivity (Wildman–Crippen MR) is 66.7 cm³/mol. The summed E-state index contributed by atoms with van der Waals surface area (Å²) in [5.41, 5.74) is -0.240. The Balaban J connectivity index is 2.11. The summed E-state index contributed by atoms with van der Waals surface area (Å²) in [7, 11) is 0. The quantitative estimate of drug-likeness (QED) is 0.841. The van der Waals surface area contributed by atoms with E-state index in [1.54, 1.807) is 12.1 Å². The van der Waals surface area contributed by atoms with Crippen LogP contribution in [0.15, 0.2) is 24.5 Å². The molecule has 1 saturated heterocycles. The first-order valence-electron chi connectivity index (χ1n) is 6.13. The smallest absolute Gasteiger partial charge is 0.305 e. The molecule has 2 rings (SSSR count). The van der Waals surface area contributed by atoms with Gasteiger partial charge in [-0.3, -0.25) is 14.6 Å². The molecule has 1 aliphatic rings. The van der Waals surface area contributed by atoms with E-state index in [1.807, 2.05) is 0 Å². The first kappa shape index (κ1) is 13.5. The van der Waals surface area contributed by atoms with Gasteiger partial charge in [-0.15, -0.1) is 0 Å². The molecule has 0 bridgehead atoms. The molecule has 2 heterocycles. The number of aliphatic carboxylic acids is 1. The van der Waals surface area contributed by atoms with Crippen molar-refractivity contribution in [3.05, 3.63) is 30.1 Å². The maximum absolute atomic E-state index is 12.1. The standard InChI is InChI=1S/C13H16N2O4/c16-11(17)9-13(3-7-19-8-4-13)15-12(18)10-1-5-14-6-2-10/h1-2,5-6H,3-4,7-9H2,(H,15,18)(H,16,17). The summed E-state index contributed by atoms with van der Waals surface area (Å²) >= 11 is 0. The van der Waals surface area contributed by atoms with E-state index in [-0.39, 0.29) is 12.3 Å². The molecule has 102 valence electrons. The molecule has 2 N–H and O–H groups in total. The lowest BCUT2D eigenvalue weighted by molar-refractivity contribution is -0.139. The maximum atomic E-state index is 12.1. The van der Waals surface area contributed by atoms with Crippen LogP contribution in [0, 0.1) is 0 Å². The van der Waals surface area contributed by atoms with Crippen LogP contribution >= 0.6 is 0 Å². The molecular formula is C13H16N2O4. The molecule has 0 saturated carbocycles. The number of amides is 1. The highest BCUT2D eigenvalue weighted by Gasteiger charge is 2.36. The van der Waals surface area contributed by atoms with Gasteiger partial charge in [-0.2, -0.15) is 0 Å². The molecule has 0 unspecified atom stereocenters. The van der Waals surface area contributed by atoms with E-state index in [9.17, 15) is 9.59 Å². The molecule has 6 heteroatoms. The normalized spacial score (nSPS) is 17.7. The number of nitrogens with one attached hydrogen (secondary N) is 1. The summed E-state index contributed by atoms with van der Waals surface area (Å²) in [5, 5.41) is 11.9. The minimum atomic E-state index is -0.920. The van der Waals surface area contributed by atoms with Gasteiger partial charge >= 0.3 is 5.97 Å². The van der Waals surface area contributed by atoms with Crippen molar-refractivity contribution in [2.45, 2.75) is 24.8 Å². The third-order valence-corrected chi connectivity index (χ3v) is 3.26. The van der Waals surface area contributed by atoms with Gasteiger partial charge in [0.05, 0.1) is 12.0 Å². The number of aromatic nitrogens is 1. The number of carboxylic acids is 1. The summed E-state index contributed by atoms with van der Waals surface area (Å²) in [6.45, 7) is 0.924. The average Bonchev–Trinajstić information content (AvgIpc) is 2.39. The van der Waals surface area contributed by atoms with Gasteiger partial charge in [0.1, 0.15) is 0 Å². The Morgan fingerprint density at radius 3 is 2.53 bits per heavy atom. The largest absolute Gasteiger partial charge is 0.481 e. The summed E-state index contributed by atoms with van der Waals surface area (Å²) < 4.78 is 5.24. The van der Waals surface area contributed by atoms with Gasteiger partial charge < -0.3 is 15.2 Å². The minimum absolute atomic E-state index is 0.0901. The number of ether oxygens (including phenoxy) is 1. The van der Waals surface area contributed by atoms with Crippen molar-refractivity contribution in [1.82, 2.24) is 10.3 Å². The zero-order valence-corrected chi connectivity index (χ0v) is 10.5. The molecular weight excluding hydrogens is 248 g/mol. The lowest BCUT2D eigenvalue weighted by atomic mass is 9.86. The Morgan fingerprint density at radius 2 is 1.95 bits per heavy atom. The van der Waals surface area contributed by atoms with Gasteiger partial charge in [0.15, 0.2) is 0 Å². The van der Waals surface area contributed by atoms with Crippen LogP contribution in [-0.2, 0) is 9.53 Å². The van der Waals surface area contributed by atoms with Gasteiger partial charge in [-0.05, 0) is 25.0 Å². The number of rotatable bonds is 4. The Kier molecular flexibility index (Phi) is 4.11. The van der Waals surface area contributed by atoms with Gasteiger partial charge in [0, 0.05) is 31.2 Å². The highest BCUT2D eigenvalue weighted by atomic mass is 16.5. The zero-order valence-electron chi connectivity index (χ0n) is 10.5. The second kappa shape index (κ2) is 5.79. The molecule has 1 aromatic heterocycles. The highest BCUT2D eigenvalue weighted by molar-refractivity contribution is 5.94. The minimum Gasteiger partial charge on any atom is -0.481 e. The van der Waals surface area contributed by atoms with Crippen molar-refractivity contribution in [3.63, 3.8) is 0 Å². The number of carbonyl (C=O) groups is 2. The Labute approximate surface area is 110 Å². The van der Waals surface area contributed by atoms with Crippen molar-refractivity contribution in [2.75, 3.05) is 13.2 Å². The van der Waals surface area contributed by atoms with Crippen molar-refractivity contribution in [1.29, 1.82) is 0 Å². The highest BCUT2D eigenvalue weighted by Crippen LogP contribution is 2.25. The topological polar surface area (TPSA) is 88.5 Å². The molecule has 0 atom stereocenters. The molecule has 19 heavy (non-hydrogen) atoms. The van der Waals surface area contributed by atoms with Crippen LogP contribution in [-0.4, -0.2) is 40.7 Å². The fourth-order valence-electron chi connectivity index (χ4n) is 2.21. The maximum Gasteiger partial charge on any atom is 0.305 e. The van der Waals surface area contributed by atoms with E-state index < -0.39 is 11.5 Å². The predicted octanol–water partition coefficient (Wildman–Crippen LogP) is 0.835. The summed E-state index contributed by atoms with van der Waals surface area (Å²) in [6.07, 6.45) is 3.99. The van der Waals surface area contributed by atoms with E-state index in [1.165, 1.54) is 12.4 Å². The Bertz CT molecular complexity index is 455. The Hall–Kier alpha value is -1.95. The molecule has 0 aliphatic carbocycles. The van der Waals surface area contributed by atoms with Gasteiger partial charge in [-0.25, -0.2) is 0 Å². The molecule has 1 aromatic rings. The Morgan fingerprint density at radius 1 is 1.32 bits per heavy atom. The van der Waals surface area contributed by atoms with Crippen LogP contribution in [0.5, 0.6) is 0 Å². The molecule has 0 aromatic carbocycles. The fraction of sp³-hybridized carbons (Fsp3) is 0.462. The number of carbonyl (C=O) groups excluding carboxylic acids is 1. The third kappa shape index (κ3) is 3.51. The van der Waals surface area contributed by atoms with E-state index in [0.717, 1.165) is 0 Å². The number of pyridine rings is 1. The molecule has 1 aliphatic heterocycles. The zero-order chi connectivity index (χ0) is 13.7. The van der Waals surface area contributed by atoms with Crippen LogP contribution in [0.2, 0.25) is 0 Å². The van der Waals surface area contributed by atoms with Crippen LogP contribution in [0.1, 0.15) is 29.6 Å². The van der Waals surface area contributed by atoms with Crippen molar-refractivity contribution in [2.24, 2.45) is 0 Å². The van der Waals surface area contributed by atoms with E-state index in [4.69, 9.17) is 9.84 Å². The van der Waals surface area contributed by atoms with E-state index in [0.29, 0.717) is 31.6 Å². The summed E-state index contributed by atoms with van der Waals surface area (Å²) in [4.78, 5) is 27.0. The monoisotopic (exact) mass is 264 g/mol.